The first-order valence-corrected chi connectivity index (χ1v) is 6.03. The zero-order chi connectivity index (χ0) is 13.5. The first-order valence-electron chi connectivity index (χ1n) is 6.03. The molecule has 0 aliphatic carbocycles. The van der Waals surface area contributed by atoms with Crippen LogP contribution >= 0.6 is 0 Å². The smallest absolute Gasteiger partial charge is 0.307 e. The molecule has 0 bridgehead atoms. The molecular weight excluding hydrogens is 230 g/mol. The second-order valence-electron chi connectivity index (χ2n) is 4.34. The summed E-state index contributed by atoms with van der Waals surface area (Å²) in [4.78, 5) is 11.1. The van der Waals surface area contributed by atoms with E-state index in [2.05, 4.69) is 17.0 Å². The Morgan fingerprint density at radius 3 is 2.33 bits per heavy atom. The zero-order valence-electron chi connectivity index (χ0n) is 11.4. The van der Waals surface area contributed by atoms with Crippen LogP contribution in [0.4, 0.5) is 0 Å². The van der Waals surface area contributed by atoms with Gasteiger partial charge in [0.05, 0.1) is 20.6 Å². The lowest BCUT2D eigenvalue weighted by Gasteiger charge is -2.19. The average molecular weight is 251 g/mol. The van der Waals surface area contributed by atoms with Crippen LogP contribution in [0.2, 0.25) is 0 Å². The van der Waals surface area contributed by atoms with Crippen molar-refractivity contribution in [2.24, 2.45) is 0 Å². The fourth-order valence-corrected chi connectivity index (χ4v) is 1.81. The summed E-state index contributed by atoms with van der Waals surface area (Å²) in [7, 11) is 3.05. The van der Waals surface area contributed by atoms with Crippen molar-refractivity contribution >= 4 is 5.97 Å². The molecule has 4 nitrogen and oxygen atoms in total. The highest BCUT2D eigenvalue weighted by Crippen LogP contribution is 2.18. The largest absolute Gasteiger partial charge is 0.497 e. The van der Waals surface area contributed by atoms with Crippen LogP contribution in [0.15, 0.2) is 24.3 Å². The topological polar surface area (TPSA) is 47.6 Å². The molecule has 0 heterocycles. The van der Waals surface area contributed by atoms with Crippen molar-refractivity contribution in [2.75, 3.05) is 14.2 Å². The summed E-state index contributed by atoms with van der Waals surface area (Å²) in [5, 5.41) is 3.36. The highest BCUT2D eigenvalue weighted by molar-refractivity contribution is 5.69. The highest BCUT2D eigenvalue weighted by atomic mass is 16.5. The number of methoxy groups -OCH3 is 2. The van der Waals surface area contributed by atoms with Crippen molar-refractivity contribution in [2.45, 2.75) is 32.4 Å². The molecule has 0 saturated heterocycles. The van der Waals surface area contributed by atoms with Crippen LogP contribution in [-0.4, -0.2) is 26.2 Å². The molecule has 0 radical (unpaired) electrons. The molecule has 100 valence electrons. The molecule has 0 aliphatic heterocycles. The van der Waals surface area contributed by atoms with Crippen LogP contribution in [-0.2, 0) is 9.53 Å². The van der Waals surface area contributed by atoms with Gasteiger partial charge >= 0.3 is 5.97 Å². The van der Waals surface area contributed by atoms with E-state index in [1.807, 2.05) is 31.2 Å². The van der Waals surface area contributed by atoms with Gasteiger partial charge in [-0.15, -0.1) is 0 Å². The van der Waals surface area contributed by atoms with E-state index < -0.39 is 0 Å². The number of nitrogens with one attached hydrogen (secondary N) is 1. The van der Waals surface area contributed by atoms with E-state index in [1.54, 1.807) is 7.11 Å². The summed E-state index contributed by atoms with van der Waals surface area (Å²) in [5.74, 6) is 0.644. The van der Waals surface area contributed by atoms with Gasteiger partial charge in [0.1, 0.15) is 5.75 Å². The molecule has 4 heteroatoms. The number of hydrogen-bond donors (Lipinski definition) is 1. The van der Waals surface area contributed by atoms with Gasteiger partial charge in [0, 0.05) is 12.1 Å². The van der Waals surface area contributed by atoms with Crippen molar-refractivity contribution < 1.29 is 14.3 Å². The molecule has 1 rings (SSSR count). The molecular formula is C14H21NO3. The van der Waals surface area contributed by atoms with Crippen molar-refractivity contribution in [1.82, 2.24) is 5.32 Å². The minimum atomic E-state index is -0.197. The van der Waals surface area contributed by atoms with Gasteiger partial charge in [-0.3, -0.25) is 4.79 Å². The molecule has 0 aromatic heterocycles. The normalized spacial score (nSPS) is 13.8. The summed E-state index contributed by atoms with van der Waals surface area (Å²) in [6.07, 6.45) is 0.372. The molecule has 0 aliphatic rings. The Labute approximate surface area is 108 Å². The van der Waals surface area contributed by atoms with E-state index in [4.69, 9.17) is 4.74 Å². The number of carbonyl (C=O) groups excluding carboxylic acids is 1. The van der Waals surface area contributed by atoms with Gasteiger partial charge in [0.25, 0.3) is 0 Å². The van der Waals surface area contributed by atoms with Crippen molar-refractivity contribution in [3.05, 3.63) is 29.8 Å². The number of carbonyl (C=O) groups is 1. The van der Waals surface area contributed by atoms with Gasteiger partial charge in [-0.05, 0) is 31.5 Å². The summed E-state index contributed by atoms with van der Waals surface area (Å²) < 4.78 is 9.76. The SMILES string of the molecule is COC(=O)CC(C)N[C@@H](C)c1ccc(OC)cc1. The quantitative estimate of drug-likeness (QED) is 0.788. The van der Waals surface area contributed by atoms with Crippen molar-refractivity contribution in [3.63, 3.8) is 0 Å². The van der Waals surface area contributed by atoms with Crippen LogP contribution in [0.25, 0.3) is 0 Å². The lowest BCUT2D eigenvalue weighted by atomic mass is 10.1. The van der Waals surface area contributed by atoms with E-state index in [0.29, 0.717) is 6.42 Å². The van der Waals surface area contributed by atoms with Crippen molar-refractivity contribution in [3.8, 4) is 5.75 Å². The second-order valence-corrected chi connectivity index (χ2v) is 4.34. The third-order valence-corrected chi connectivity index (χ3v) is 2.85. The number of benzene rings is 1. The van der Waals surface area contributed by atoms with E-state index in [1.165, 1.54) is 7.11 Å². The Balaban J connectivity index is 2.53. The van der Waals surface area contributed by atoms with Crippen molar-refractivity contribution in [1.29, 1.82) is 0 Å². The molecule has 0 saturated carbocycles. The maximum Gasteiger partial charge on any atom is 0.307 e. The van der Waals surface area contributed by atoms with Gasteiger partial charge in [0.2, 0.25) is 0 Å². The molecule has 2 atom stereocenters. The minimum Gasteiger partial charge on any atom is -0.497 e. The standard InChI is InChI=1S/C14H21NO3/c1-10(9-14(16)18-4)15-11(2)12-5-7-13(17-3)8-6-12/h5-8,10-11,15H,9H2,1-4H3/t10?,11-/m0/s1. The van der Waals surface area contributed by atoms with E-state index in [-0.39, 0.29) is 18.1 Å². The Morgan fingerprint density at radius 1 is 1.22 bits per heavy atom. The summed E-state index contributed by atoms with van der Waals surface area (Å²) in [6.45, 7) is 4.03. The van der Waals surface area contributed by atoms with E-state index >= 15 is 0 Å². The predicted molar refractivity (Wildman–Crippen MR) is 70.6 cm³/mol. The number of esters is 1. The molecule has 1 aromatic carbocycles. The predicted octanol–water partition coefficient (Wildman–Crippen LogP) is 2.30. The first-order chi connectivity index (χ1) is 8.56. The van der Waals surface area contributed by atoms with Crippen LogP contribution < -0.4 is 10.1 Å². The van der Waals surface area contributed by atoms with Gasteiger partial charge < -0.3 is 14.8 Å². The fourth-order valence-electron chi connectivity index (χ4n) is 1.81. The lowest BCUT2D eigenvalue weighted by Crippen LogP contribution is -2.31. The third-order valence-electron chi connectivity index (χ3n) is 2.85. The monoisotopic (exact) mass is 251 g/mol. The number of rotatable bonds is 6. The molecule has 0 fully saturated rings. The zero-order valence-corrected chi connectivity index (χ0v) is 11.4. The summed E-state index contributed by atoms with van der Waals surface area (Å²) in [6, 6.07) is 8.14. The van der Waals surface area contributed by atoms with Crippen LogP contribution in [0.5, 0.6) is 5.75 Å². The van der Waals surface area contributed by atoms with Gasteiger partial charge in [0.15, 0.2) is 0 Å². The second kappa shape index (κ2) is 7.01. The maximum atomic E-state index is 11.1. The van der Waals surface area contributed by atoms with E-state index in [0.717, 1.165) is 11.3 Å². The third kappa shape index (κ3) is 4.37. The summed E-state index contributed by atoms with van der Waals surface area (Å²) in [5.41, 5.74) is 1.16. The number of ether oxygens (including phenoxy) is 2. The molecule has 0 spiro atoms. The van der Waals surface area contributed by atoms with Crippen LogP contribution in [0, 0.1) is 0 Å². The molecule has 0 amide bonds. The van der Waals surface area contributed by atoms with Gasteiger partial charge in [-0.25, -0.2) is 0 Å². The Hall–Kier alpha value is -1.55. The number of hydrogen-bond acceptors (Lipinski definition) is 4. The van der Waals surface area contributed by atoms with Crippen LogP contribution in [0.1, 0.15) is 31.9 Å². The van der Waals surface area contributed by atoms with Gasteiger partial charge in [-0.2, -0.15) is 0 Å². The van der Waals surface area contributed by atoms with E-state index in [9.17, 15) is 4.79 Å². The molecule has 18 heavy (non-hydrogen) atoms. The maximum absolute atomic E-state index is 11.1. The molecule has 1 N–H and O–H groups in total. The minimum absolute atomic E-state index is 0.0783. The Bertz CT molecular complexity index is 375. The molecule has 1 unspecified atom stereocenters. The highest BCUT2D eigenvalue weighted by Gasteiger charge is 2.13. The first kappa shape index (κ1) is 14.5. The van der Waals surface area contributed by atoms with Gasteiger partial charge in [-0.1, -0.05) is 12.1 Å². The molecule has 1 aromatic rings. The fraction of sp³-hybridized carbons (Fsp3) is 0.500. The Kier molecular flexibility index (Phi) is 5.65. The van der Waals surface area contributed by atoms with Crippen LogP contribution in [0.3, 0.4) is 0 Å². The average Bonchev–Trinajstić information content (AvgIpc) is 2.38. The Morgan fingerprint density at radius 2 is 1.83 bits per heavy atom. The lowest BCUT2D eigenvalue weighted by molar-refractivity contribution is -0.141. The summed E-state index contributed by atoms with van der Waals surface area (Å²) >= 11 is 0.